The normalized spacial score (nSPS) is 13.7. The van der Waals surface area contributed by atoms with Crippen LogP contribution in [0.15, 0.2) is 24.3 Å². The van der Waals surface area contributed by atoms with E-state index >= 15 is 0 Å². The van der Waals surface area contributed by atoms with E-state index in [1.165, 1.54) is 19.9 Å². The predicted octanol–water partition coefficient (Wildman–Crippen LogP) is 4.19. The van der Waals surface area contributed by atoms with Gasteiger partial charge >= 0.3 is 19.7 Å². The zero-order valence-electron chi connectivity index (χ0n) is 12.9. The minimum absolute atomic E-state index is 0.0380. The number of methoxy groups -OCH3 is 1. The smallest absolute Gasteiger partial charge is 0.416 e. The Hall–Kier alpha value is -1.37. The number of carbonyl (C=O) groups is 1. The average molecular weight is 354 g/mol. The van der Waals surface area contributed by atoms with Crippen molar-refractivity contribution < 1.29 is 36.3 Å². The molecule has 1 atom stereocenters. The minimum atomic E-state index is -4.60. The van der Waals surface area contributed by atoms with E-state index < -0.39 is 31.0 Å². The quantitative estimate of drug-likeness (QED) is 0.543. The number of carbonyl (C=O) groups excluding carboxylic acids is 1. The van der Waals surface area contributed by atoms with Crippen molar-refractivity contribution in [2.24, 2.45) is 0 Å². The summed E-state index contributed by atoms with van der Waals surface area (Å²) in [7, 11) is -2.99. The molecule has 1 aromatic carbocycles. The van der Waals surface area contributed by atoms with Crippen LogP contribution in [0.5, 0.6) is 0 Å². The van der Waals surface area contributed by atoms with Crippen LogP contribution in [0.2, 0.25) is 0 Å². The molecule has 0 aliphatic heterocycles. The van der Waals surface area contributed by atoms with E-state index in [0.29, 0.717) is 0 Å². The van der Waals surface area contributed by atoms with E-state index in [2.05, 4.69) is 4.74 Å². The summed E-state index contributed by atoms with van der Waals surface area (Å²) in [4.78, 5) is 12.0. The molecule has 1 rings (SSSR count). The minimum Gasteiger partial charge on any atom is -0.468 e. The molecule has 9 heteroatoms. The topological polar surface area (TPSA) is 61.8 Å². The van der Waals surface area contributed by atoms with E-state index in [0.717, 1.165) is 25.3 Å². The number of benzene rings is 1. The molecule has 0 amide bonds. The van der Waals surface area contributed by atoms with E-state index in [9.17, 15) is 22.5 Å². The highest BCUT2D eigenvalue weighted by molar-refractivity contribution is 7.55. The lowest BCUT2D eigenvalue weighted by molar-refractivity contribution is -0.141. The van der Waals surface area contributed by atoms with Gasteiger partial charge in [-0.05, 0) is 25.5 Å². The number of esters is 1. The van der Waals surface area contributed by atoms with Gasteiger partial charge in [-0.3, -0.25) is 9.36 Å². The first-order valence-corrected chi connectivity index (χ1v) is 8.44. The van der Waals surface area contributed by atoms with Crippen LogP contribution in [0.3, 0.4) is 0 Å². The Bertz CT molecular complexity index is 578. The van der Waals surface area contributed by atoms with Gasteiger partial charge in [-0.25, -0.2) is 0 Å². The molecule has 0 aliphatic rings. The van der Waals surface area contributed by atoms with E-state index in [1.54, 1.807) is 0 Å². The second-order valence-electron chi connectivity index (χ2n) is 4.42. The van der Waals surface area contributed by atoms with Crippen LogP contribution in [0.4, 0.5) is 13.2 Å². The van der Waals surface area contributed by atoms with Gasteiger partial charge in [-0.2, -0.15) is 13.2 Å². The molecule has 0 spiro atoms. The van der Waals surface area contributed by atoms with Crippen molar-refractivity contribution in [3.8, 4) is 0 Å². The zero-order valence-corrected chi connectivity index (χ0v) is 13.8. The summed E-state index contributed by atoms with van der Waals surface area (Å²) in [5, 5.41) is 0. The van der Waals surface area contributed by atoms with Crippen LogP contribution in [-0.4, -0.2) is 26.3 Å². The number of hydrogen-bond acceptors (Lipinski definition) is 5. The van der Waals surface area contributed by atoms with Crippen molar-refractivity contribution in [2.45, 2.75) is 25.7 Å². The highest BCUT2D eigenvalue weighted by atomic mass is 31.2. The Kier molecular flexibility index (Phi) is 6.80. The van der Waals surface area contributed by atoms with Gasteiger partial charge in [-0.1, -0.05) is 18.2 Å². The highest BCUT2D eigenvalue weighted by Crippen LogP contribution is 2.61. The fourth-order valence-corrected chi connectivity index (χ4v) is 3.97. The summed E-state index contributed by atoms with van der Waals surface area (Å²) in [5.41, 5.74) is -2.70. The molecule has 23 heavy (non-hydrogen) atoms. The molecule has 0 saturated heterocycles. The summed E-state index contributed by atoms with van der Waals surface area (Å²) < 4.78 is 66.2. The summed E-state index contributed by atoms with van der Waals surface area (Å²) in [5.74, 6) is -0.991. The van der Waals surface area contributed by atoms with Crippen LogP contribution < -0.4 is 0 Å². The molecule has 0 bridgehead atoms. The van der Waals surface area contributed by atoms with E-state index in [4.69, 9.17) is 9.05 Å². The Labute approximate surface area is 132 Å². The molecular weight excluding hydrogens is 336 g/mol. The van der Waals surface area contributed by atoms with Crippen LogP contribution in [-0.2, 0) is 29.3 Å². The van der Waals surface area contributed by atoms with Crippen molar-refractivity contribution in [3.05, 3.63) is 35.4 Å². The third-order valence-electron chi connectivity index (χ3n) is 2.89. The fourth-order valence-electron chi connectivity index (χ4n) is 1.99. The number of halogens is 3. The van der Waals surface area contributed by atoms with Gasteiger partial charge in [0, 0.05) is 0 Å². The van der Waals surface area contributed by atoms with Crippen LogP contribution in [0, 0.1) is 0 Å². The van der Waals surface area contributed by atoms with Crippen molar-refractivity contribution in [1.29, 1.82) is 0 Å². The predicted molar refractivity (Wildman–Crippen MR) is 77.1 cm³/mol. The van der Waals surface area contributed by atoms with Gasteiger partial charge in [0.05, 0.1) is 25.9 Å². The average Bonchev–Trinajstić information content (AvgIpc) is 2.47. The van der Waals surface area contributed by atoms with Gasteiger partial charge in [0.1, 0.15) is 0 Å². The molecule has 0 saturated carbocycles. The first-order valence-electron chi connectivity index (χ1n) is 6.83. The second kappa shape index (κ2) is 7.95. The Balaban J connectivity index is 3.43. The summed E-state index contributed by atoms with van der Waals surface area (Å²) in [6, 6.07) is 3.97. The van der Waals surface area contributed by atoms with Gasteiger partial charge in [0.25, 0.3) is 0 Å². The molecular formula is C14H18F3O5P. The summed E-state index contributed by atoms with van der Waals surface area (Å²) >= 11 is 0. The molecule has 1 unspecified atom stereocenters. The van der Waals surface area contributed by atoms with E-state index in [-0.39, 0.29) is 18.8 Å². The largest absolute Gasteiger partial charge is 0.468 e. The maximum atomic E-state index is 12.9. The number of rotatable bonds is 7. The van der Waals surface area contributed by atoms with Crippen molar-refractivity contribution in [2.75, 3.05) is 20.3 Å². The fraction of sp³-hybridized carbons (Fsp3) is 0.500. The third kappa shape index (κ3) is 4.80. The van der Waals surface area contributed by atoms with Crippen LogP contribution >= 0.6 is 7.60 Å². The lowest BCUT2D eigenvalue weighted by Gasteiger charge is -2.25. The molecule has 0 aliphatic carbocycles. The maximum absolute atomic E-state index is 12.9. The maximum Gasteiger partial charge on any atom is 0.416 e. The lowest BCUT2D eigenvalue weighted by Crippen LogP contribution is -2.18. The number of ether oxygens (including phenoxy) is 1. The van der Waals surface area contributed by atoms with Crippen molar-refractivity contribution >= 4 is 13.6 Å². The van der Waals surface area contributed by atoms with E-state index in [1.807, 2.05) is 0 Å². The summed E-state index contributed by atoms with van der Waals surface area (Å²) in [6.07, 6.45) is -4.60. The zero-order chi connectivity index (χ0) is 17.7. The van der Waals surface area contributed by atoms with Crippen molar-refractivity contribution in [1.82, 2.24) is 0 Å². The van der Waals surface area contributed by atoms with Gasteiger partial charge < -0.3 is 13.8 Å². The number of hydrogen-bond donors (Lipinski definition) is 0. The first-order chi connectivity index (χ1) is 10.7. The number of alkyl halides is 3. The molecule has 0 fully saturated rings. The van der Waals surface area contributed by atoms with Crippen LogP contribution in [0.25, 0.3) is 0 Å². The molecule has 0 aromatic heterocycles. The Morgan fingerprint density at radius 1 is 1.22 bits per heavy atom. The van der Waals surface area contributed by atoms with Crippen molar-refractivity contribution in [3.63, 3.8) is 0 Å². The lowest BCUT2D eigenvalue weighted by atomic mass is 10.1. The monoisotopic (exact) mass is 354 g/mol. The molecule has 0 N–H and O–H groups in total. The first kappa shape index (κ1) is 19.7. The third-order valence-corrected chi connectivity index (χ3v) is 5.27. The molecule has 1 aromatic rings. The SMILES string of the molecule is CCOP(=O)(OCC)C(C(=O)OC)c1cccc(C(F)(F)F)c1. The molecule has 130 valence electrons. The van der Waals surface area contributed by atoms with Crippen LogP contribution in [0.1, 0.15) is 30.6 Å². The highest BCUT2D eigenvalue weighted by Gasteiger charge is 2.44. The second-order valence-corrected chi connectivity index (χ2v) is 6.54. The molecule has 0 heterocycles. The summed E-state index contributed by atoms with van der Waals surface area (Å²) in [6.45, 7) is 2.99. The van der Waals surface area contributed by atoms with Gasteiger partial charge in [0.2, 0.25) is 0 Å². The Morgan fingerprint density at radius 3 is 2.22 bits per heavy atom. The molecule has 5 nitrogen and oxygen atoms in total. The Morgan fingerprint density at radius 2 is 1.78 bits per heavy atom. The molecule has 0 radical (unpaired) electrons. The van der Waals surface area contributed by atoms with Gasteiger partial charge in [-0.15, -0.1) is 0 Å². The van der Waals surface area contributed by atoms with Gasteiger partial charge in [0.15, 0.2) is 5.66 Å². The standard InChI is InChI=1S/C14H18F3O5P/c1-4-21-23(19,22-5-2)12(13(18)20-3)10-7-6-8-11(9-10)14(15,16)17/h6-9,12H,4-5H2,1-3H3.